The highest BCUT2D eigenvalue weighted by atomic mass is 16.4. The quantitative estimate of drug-likeness (QED) is 0.0178. The second kappa shape index (κ2) is 33.2. The van der Waals surface area contributed by atoms with Gasteiger partial charge in [-0.1, -0.05) is 38.1 Å². The van der Waals surface area contributed by atoms with Crippen LogP contribution in [0.1, 0.15) is 89.7 Å². The SMILES string of the molecule is CC(C)C[C@H](NC(=O)[C@@H]1CCCN1C(=O)[C@H](Cc1ccc(O)cc1)NC(=O)[C@H](CCCN=C(N)N)NC(=O)[C@H](CO)NC(=O)[C@H](Cc1ccc(O)cc1)NC(=O)[C@H](CCC(N)=O)NC(=O)[C@@H](N)CCC(=O)O)C(=O)N[C@H](C(=O)O)[C@@H](C)O. The van der Waals surface area contributed by atoms with Crippen molar-refractivity contribution >= 4 is 71.1 Å². The van der Waals surface area contributed by atoms with Crippen LogP contribution >= 0.6 is 0 Å². The van der Waals surface area contributed by atoms with Crippen molar-refractivity contribution in [1.29, 1.82) is 0 Å². The Morgan fingerprint density at radius 2 is 1.11 bits per heavy atom. The summed E-state index contributed by atoms with van der Waals surface area (Å²) in [6, 6.07) is -2.77. The largest absolute Gasteiger partial charge is 0.508 e. The van der Waals surface area contributed by atoms with Gasteiger partial charge in [-0.25, -0.2) is 4.79 Å². The van der Waals surface area contributed by atoms with Gasteiger partial charge in [-0.3, -0.25) is 52.9 Å². The van der Waals surface area contributed by atoms with E-state index in [0.29, 0.717) is 17.5 Å². The van der Waals surface area contributed by atoms with Gasteiger partial charge in [0.2, 0.25) is 53.2 Å². The van der Waals surface area contributed by atoms with E-state index in [1.807, 2.05) is 0 Å². The van der Waals surface area contributed by atoms with E-state index in [1.54, 1.807) is 13.8 Å². The van der Waals surface area contributed by atoms with E-state index < -0.39 is 151 Å². The highest BCUT2D eigenvalue weighted by Gasteiger charge is 2.41. The molecule has 0 unspecified atom stereocenters. The molecule has 3 rings (SSSR count). The Morgan fingerprint density at radius 3 is 1.62 bits per heavy atom. The summed E-state index contributed by atoms with van der Waals surface area (Å²) in [4.78, 5) is 152. The highest BCUT2D eigenvalue weighted by Crippen LogP contribution is 2.22. The number of aromatic hydroxyl groups is 2. The van der Waals surface area contributed by atoms with Crippen molar-refractivity contribution in [2.24, 2.45) is 33.8 Å². The molecule has 1 heterocycles. The van der Waals surface area contributed by atoms with Crippen LogP contribution in [0.4, 0.5) is 0 Å². The Bertz CT molecular complexity index is 2580. The number of aliphatic carboxylic acids is 2. The monoisotopic (exact) mass is 1160 g/mol. The molecule has 2 aromatic rings. The fourth-order valence-electron chi connectivity index (χ4n) is 8.56. The number of amides is 9. The lowest BCUT2D eigenvalue weighted by Gasteiger charge is -2.31. The molecule has 1 aliphatic rings. The van der Waals surface area contributed by atoms with Crippen molar-refractivity contribution in [3.63, 3.8) is 0 Å². The molecule has 0 aliphatic carbocycles. The molecule has 9 amide bonds. The number of primary amides is 1. The average molecular weight is 1160 g/mol. The van der Waals surface area contributed by atoms with E-state index in [1.165, 1.54) is 60.4 Å². The lowest BCUT2D eigenvalue weighted by Crippen LogP contribution is -2.61. The Balaban J connectivity index is 1.97. The van der Waals surface area contributed by atoms with Crippen molar-refractivity contribution in [3.8, 4) is 11.5 Å². The zero-order chi connectivity index (χ0) is 61.4. The third kappa shape index (κ3) is 22.8. The van der Waals surface area contributed by atoms with Gasteiger partial charge in [0.15, 0.2) is 12.0 Å². The van der Waals surface area contributed by atoms with E-state index >= 15 is 0 Å². The van der Waals surface area contributed by atoms with Crippen LogP contribution < -0.4 is 60.2 Å². The number of rotatable bonds is 34. The molecule has 2 aromatic carbocycles. The number of hydrogen-bond acceptors (Lipinski definition) is 17. The standard InChI is InChI=1S/C52H77N13O17/c1-26(2)22-35(47(77)64-42(27(3)67)51(81)82)61-49(79)39-7-5-21-65(39)50(80)37(24-29-10-14-31(69)15-11-29)62-44(74)33(6-4-20-57-52(55)56)59-48(78)38(25-66)63-46(76)36(23-28-8-12-30(68)13-9-28)60-45(75)34(17-18-40(54)70)58-43(73)32(53)16-19-41(71)72/h8-15,26-27,32-39,42,66-69H,4-7,16-25,53H2,1-3H3,(H2,54,70)(H,58,73)(H,59,78)(H,60,75)(H,61,79)(H,62,74)(H,63,76)(H,64,77)(H,71,72)(H,81,82)(H4,55,56,57)/t27-,32+,33+,34+,35+,36+,37+,38+,39+,42+/m1/s1. The molecule has 452 valence electrons. The van der Waals surface area contributed by atoms with Crippen molar-refractivity contribution < 1.29 is 83.4 Å². The summed E-state index contributed by atoms with van der Waals surface area (Å²) >= 11 is 0. The number of phenols is 2. The molecule has 0 bridgehead atoms. The maximum absolute atomic E-state index is 14.7. The van der Waals surface area contributed by atoms with Crippen LogP contribution in [0, 0.1) is 5.92 Å². The van der Waals surface area contributed by atoms with E-state index in [4.69, 9.17) is 28.0 Å². The van der Waals surface area contributed by atoms with Gasteiger partial charge in [0.05, 0.1) is 18.8 Å². The first-order chi connectivity index (χ1) is 38.6. The topological polar surface area (TPSA) is 513 Å². The number of likely N-dealkylation sites (tertiary alicyclic amines) is 1. The second-order valence-electron chi connectivity index (χ2n) is 20.2. The molecule has 21 N–H and O–H groups in total. The van der Waals surface area contributed by atoms with Gasteiger partial charge in [0.25, 0.3) is 0 Å². The summed E-state index contributed by atoms with van der Waals surface area (Å²) in [5.74, 6) is -12.1. The second-order valence-corrected chi connectivity index (χ2v) is 20.2. The average Bonchev–Trinajstić information content (AvgIpc) is 4.05. The normalized spacial score (nSPS) is 16.2. The molecule has 0 spiro atoms. The lowest BCUT2D eigenvalue weighted by atomic mass is 10.0. The number of guanidine groups is 1. The Hall–Kier alpha value is -8.64. The van der Waals surface area contributed by atoms with Gasteiger partial charge in [0, 0.05) is 38.8 Å². The number of aliphatic hydroxyl groups excluding tert-OH is 2. The Kier molecular flexibility index (Phi) is 27.4. The molecule has 1 fully saturated rings. The molecule has 0 saturated carbocycles. The van der Waals surface area contributed by atoms with Gasteiger partial charge in [-0.15, -0.1) is 0 Å². The van der Waals surface area contributed by atoms with E-state index in [2.05, 4.69) is 42.2 Å². The van der Waals surface area contributed by atoms with Gasteiger partial charge >= 0.3 is 11.9 Å². The fraction of sp³-hybridized carbons (Fsp3) is 0.538. The number of nitrogens with zero attached hydrogens (tertiary/aromatic N) is 2. The predicted octanol–water partition coefficient (Wildman–Crippen LogP) is -4.72. The van der Waals surface area contributed by atoms with E-state index in [9.17, 15) is 78.3 Å². The molecule has 0 radical (unpaired) electrons. The maximum Gasteiger partial charge on any atom is 0.328 e. The molecule has 0 aromatic heterocycles. The van der Waals surface area contributed by atoms with Gasteiger partial charge < -0.3 is 95.7 Å². The third-order valence-corrected chi connectivity index (χ3v) is 12.9. The lowest BCUT2D eigenvalue weighted by molar-refractivity contribution is -0.146. The zero-order valence-electron chi connectivity index (χ0n) is 45.7. The first-order valence-corrected chi connectivity index (χ1v) is 26.4. The van der Waals surface area contributed by atoms with Crippen LogP contribution in [0.15, 0.2) is 53.5 Å². The molecule has 82 heavy (non-hydrogen) atoms. The zero-order valence-corrected chi connectivity index (χ0v) is 45.7. The summed E-state index contributed by atoms with van der Waals surface area (Å²) < 4.78 is 0. The van der Waals surface area contributed by atoms with Crippen LogP contribution in [0.5, 0.6) is 11.5 Å². The van der Waals surface area contributed by atoms with Gasteiger partial charge in [0.1, 0.15) is 53.8 Å². The van der Waals surface area contributed by atoms with Crippen molar-refractivity contribution in [2.45, 2.75) is 152 Å². The Morgan fingerprint density at radius 1 is 0.622 bits per heavy atom. The van der Waals surface area contributed by atoms with Crippen LogP contribution in [-0.4, -0.2) is 187 Å². The van der Waals surface area contributed by atoms with Gasteiger partial charge in [-0.2, -0.15) is 0 Å². The molecule has 30 nitrogen and oxygen atoms in total. The number of hydrogen-bond donors (Lipinski definition) is 17. The number of carbonyl (C=O) groups is 11. The van der Waals surface area contributed by atoms with Crippen LogP contribution in [0.3, 0.4) is 0 Å². The number of carbonyl (C=O) groups excluding carboxylic acids is 9. The minimum Gasteiger partial charge on any atom is -0.508 e. The van der Waals surface area contributed by atoms with Crippen LogP contribution in [-0.2, 0) is 65.6 Å². The smallest absolute Gasteiger partial charge is 0.328 e. The summed E-state index contributed by atoms with van der Waals surface area (Å²) in [5.41, 5.74) is 23.0. The highest BCUT2D eigenvalue weighted by molar-refractivity contribution is 5.98. The summed E-state index contributed by atoms with van der Waals surface area (Å²) in [7, 11) is 0. The van der Waals surface area contributed by atoms with E-state index in [-0.39, 0.29) is 81.4 Å². The minimum atomic E-state index is -1.86. The molecule has 1 saturated heterocycles. The predicted molar refractivity (Wildman–Crippen MR) is 291 cm³/mol. The summed E-state index contributed by atoms with van der Waals surface area (Å²) in [5, 5.41) is 76.2. The molecular weight excluding hydrogens is 1080 g/mol. The molecular formula is C52H77N13O17. The Labute approximate surface area is 471 Å². The van der Waals surface area contributed by atoms with Crippen molar-refractivity contribution in [1.82, 2.24) is 42.1 Å². The number of aliphatic imine (C=N–C) groups is 1. The fourth-order valence-corrected chi connectivity index (χ4v) is 8.56. The van der Waals surface area contributed by atoms with Crippen LogP contribution in [0.25, 0.3) is 0 Å². The molecule has 30 heteroatoms. The number of nitrogens with one attached hydrogen (secondary N) is 7. The van der Waals surface area contributed by atoms with Gasteiger partial charge in [-0.05, 0) is 93.2 Å². The first-order valence-electron chi connectivity index (χ1n) is 26.4. The summed E-state index contributed by atoms with van der Waals surface area (Å²) in [6.07, 6.45) is -3.53. The number of benzene rings is 2. The number of phenolic OH excluding ortho intramolecular Hbond substituents is 2. The number of aliphatic hydroxyl groups is 2. The van der Waals surface area contributed by atoms with Crippen molar-refractivity contribution in [3.05, 3.63) is 59.7 Å². The molecule has 1 aliphatic heterocycles. The molecule has 10 atom stereocenters. The van der Waals surface area contributed by atoms with Crippen molar-refractivity contribution in [2.75, 3.05) is 19.7 Å². The first kappa shape index (κ1) is 67.6. The van der Waals surface area contributed by atoms with Crippen LogP contribution in [0.2, 0.25) is 0 Å². The maximum atomic E-state index is 14.7. The van der Waals surface area contributed by atoms with E-state index in [0.717, 1.165) is 0 Å². The number of carboxylic acid groups (broad SMARTS) is 2. The minimum absolute atomic E-state index is 0.000786. The summed E-state index contributed by atoms with van der Waals surface area (Å²) in [6.45, 7) is 3.50. The number of nitrogens with two attached hydrogens (primary N) is 4. The third-order valence-electron chi connectivity index (χ3n) is 12.9. The number of carboxylic acids is 2.